The van der Waals surface area contributed by atoms with Crippen LogP contribution in [-0.4, -0.2) is 133 Å². The molecule has 6 aromatic rings. The highest BCUT2D eigenvalue weighted by Crippen LogP contribution is 2.43. The van der Waals surface area contributed by atoms with Crippen LogP contribution in [-0.2, 0) is 57.0 Å². The number of ether oxygens (including phenoxy) is 3. The highest BCUT2D eigenvalue weighted by Gasteiger charge is 2.37. The van der Waals surface area contributed by atoms with Crippen LogP contribution in [0.4, 0.5) is 35.9 Å². The smallest absolute Gasteiger partial charge is 0.416 e. The summed E-state index contributed by atoms with van der Waals surface area (Å²) in [5.41, 5.74) is 7.81. The number of sulfone groups is 1. The maximum atomic E-state index is 12.8. The van der Waals surface area contributed by atoms with Crippen LogP contribution in [0.25, 0.3) is 0 Å². The highest BCUT2D eigenvalue weighted by molar-refractivity contribution is 7.94. The van der Waals surface area contributed by atoms with Crippen LogP contribution in [0.1, 0.15) is 77.9 Å². The number of nitrogen functional groups attached to an aromatic ring is 1. The average molecular weight is 1410 g/mol. The SMILES string of the molecule is CC1COc2ccccc2N1C(=O)C(Cl)Cl.CCc1cccc(C)c1N(C(=O)CCl)C(C)COC.CS(=O)(=O)c1cc(C(F)(F)F)ccc1C(=O)c1cnoc1C1CC1.C[S+](C)C.Nc1c([N+](=O)[O-])ccc(Oc2ccccc2)c1Cl.O=C(O)CNCP(=O)([O-])O. The number of alkyl halides is 6. The van der Waals surface area contributed by atoms with E-state index < -0.39 is 68.4 Å². The lowest BCUT2D eigenvalue weighted by Gasteiger charge is -2.35. The number of aromatic nitrogens is 1. The standard InChI is InChI=1S/C15H22ClNO2.C15H12F3NO4S.C12H9ClN2O3.C11H11Cl2NO2.C3H8NO5P.C3H9S/c1-5-13-8-6-7-11(2)15(13)17(14(18)9-16)12(3)10-19-4;1-24(21,22)12-6-9(15(16,17)18)4-5-10(12)13(20)11-7-19-23-14(11)8-2-3-8;13-11-10(18-8-4-2-1-3-5-8)7-6-9(12(11)14)15(16)17;1-7-6-16-9-5-3-2-4-8(9)14(7)11(15)10(12)13;5-3(6)1-4-2-10(7,8)9;1-4(2)3/h6-8,12H,5,9-10H2,1-4H3;4-8H,2-3H2,1H3;1-7H,14H2;2-5,7,10H,6H2,1H3;4H,1-2H2,(H,5,6)(H2,7,8,9);1-3H3/q;;;;;+1/p-1. The molecule has 1 saturated carbocycles. The number of aliphatic carboxylic acids is 1. The van der Waals surface area contributed by atoms with Gasteiger partial charge in [-0.25, -0.2) is 8.42 Å². The lowest BCUT2D eigenvalue weighted by molar-refractivity contribution is -0.383. The van der Waals surface area contributed by atoms with Gasteiger partial charge in [0.15, 0.2) is 26.2 Å². The molecule has 22 nitrogen and oxygen atoms in total. The van der Waals surface area contributed by atoms with Crippen LogP contribution in [0.5, 0.6) is 17.2 Å². The van der Waals surface area contributed by atoms with Gasteiger partial charge in [-0.1, -0.05) is 95.4 Å². The fraction of sp³-hybridized carbons (Fsp3) is 0.373. The molecule has 498 valence electrons. The first-order valence-electron chi connectivity index (χ1n) is 27.1. The number of rotatable bonds is 18. The Morgan fingerprint density at radius 3 is 2.14 bits per heavy atom. The number of hydrogen-bond donors (Lipinski definition) is 4. The molecule has 1 aliphatic heterocycles. The average Bonchev–Trinajstić information content (AvgIpc) is 1.78. The van der Waals surface area contributed by atoms with E-state index in [-0.39, 0.29) is 69.0 Å². The Balaban J connectivity index is 0.000000299. The van der Waals surface area contributed by atoms with Crippen molar-refractivity contribution in [3.63, 3.8) is 0 Å². The normalized spacial score (nSPS) is 14.2. The fourth-order valence-electron chi connectivity index (χ4n) is 8.18. The summed E-state index contributed by atoms with van der Waals surface area (Å²) < 4.78 is 93.4. The number of ketones is 1. The molecule has 32 heteroatoms. The predicted octanol–water partition coefficient (Wildman–Crippen LogP) is 11.3. The molecule has 2 amide bonds. The molecular formula is C59H70Cl4F3N6O16PS2. The number of carbonyl (C=O) groups excluding carboxylic acids is 3. The van der Waals surface area contributed by atoms with Crippen molar-refractivity contribution in [3.05, 3.63) is 158 Å². The van der Waals surface area contributed by atoms with Gasteiger partial charge in [0.25, 0.3) is 11.6 Å². The van der Waals surface area contributed by atoms with Gasteiger partial charge in [-0.15, -0.1) is 11.6 Å². The van der Waals surface area contributed by atoms with E-state index in [4.69, 9.17) is 80.9 Å². The number of benzene rings is 5. The molecule has 8 rings (SSSR count). The number of nitrogens with one attached hydrogen (secondary N) is 1. The number of hydrogen-bond acceptors (Lipinski definition) is 17. The molecule has 1 aliphatic carbocycles. The summed E-state index contributed by atoms with van der Waals surface area (Å²) in [6.45, 7) is 8.42. The van der Waals surface area contributed by atoms with E-state index in [1.54, 1.807) is 41.2 Å². The van der Waals surface area contributed by atoms with Gasteiger partial charge in [0.1, 0.15) is 48.0 Å². The molecule has 3 unspecified atom stereocenters. The summed E-state index contributed by atoms with van der Waals surface area (Å²) >= 11 is 22.9. The van der Waals surface area contributed by atoms with Crippen LogP contribution in [0, 0.1) is 17.0 Å². The van der Waals surface area contributed by atoms with Gasteiger partial charge < -0.3 is 53.7 Å². The zero-order valence-electron chi connectivity index (χ0n) is 50.7. The monoisotopic (exact) mass is 1410 g/mol. The number of halogens is 7. The summed E-state index contributed by atoms with van der Waals surface area (Å²) in [7, 11) is -6.11. The zero-order valence-corrected chi connectivity index (χ0v) is 56.3. The maximum absolute atomic E-state index is 12.8. The molecule has 5 N–H and O–H groups in total. The van der Waals surface area contributed by atoms with Crippen molar-refractivity contribution in [1.82, 2.24) is 10.5 Å². The van der Waals surface area contributed by atoms with E-state index in [2.05, 4.69) is 36.9 Å². The zero-order chi connectivity index (χ0) is 68.7. The number of amides is 2. The molecule has 0 spiro atoms. The Hall–Kier alpha value is -6.49. The number of carbonyl (C=O) groups is 4. The van der Waals surface area contributed by atoms with Crippen molar-refractivity contribution in [3.8, 4) is 17.2 Å². The third-order valence-electron chi connectivity index (χ3n) is 12.3. The summed E-state index contributed by atoms with van der Waals surface area (Å²) in [5.74, 6) is -0.378. The number of para-hydroxylation sites is 4. The van der Waals surface area contributed by atoms with Gasteiger partial charge in [-0.05, 0) is 111 Å². The second-order valence-electron chi connectivity index (χ2n) is 20.3. The minimum Gasteiger partial charge on any atom is -0.778 e. The van der Waals surface area contributed by atoms with Gasteiger partial charge in [0.2, 0.25) is 5.91 Å². The number of aryl methyl sites for hydroxylation is 2. The summed E-state index contributed by atoms with van der Waals surface area (Å²) in [5, 5.41) is 24.2. The Morgan fingerprint density at radius 1 is 1.00 bits per heavy atom. The largest absolute Gasteiger partial charge is 0.778 e. The number of anilines is 3. The molecule has 3 atom stereocenters. The summed E-state index contributed by atoms with van der Waals surface area (Å²) in [4.78, 5) is 76.2. The van der Waals surface area contributed by atoms with Crippen molar-refractivity contribution in [2.45, 2.75) is 80.9 Å². The lowest BCUT2D eigenvalue weighted by atomic mass is 10.0. The summed E-state index contributed by atoms with van der Waals surface area (Å²) in [6, 6.07) is 27.0. The number of carboxylic acids is 1. The molecule has 2 aliphatic rings. The predicted molar refractivity (Wildman–Crippen MR) is 345 cm³/mol. The topological polar surface area (TPSA) is 324 Å². The Kier molecular flexibility index (Phi) is 31.7. The quantitative estimate of drug-likeness (QED) is 0.0118. The van der Waals surface area contributed by atoms with Crippen molar-refractivity contribution < 1.29 is 83.9 Å². The Labute approximate surface area is 548 Å². The van der Waals surface area contributed by atoms with Crippen molar-refractivity contribution in [2.24, 2.45) is 0 Å². The molecule has 1 fully saturated rings. The number of nitrogens with zero attached hydrogens (tertiary/aromatic N) is 4. The molecule has 2 heterocycles. The first kappa shape index (κ1) is 78.8. The third-order valence-corrected chi connectivity index (χ3v) is 15.0. The van der Waals surface area contributed by atoms with Crippen molar-refractivity contribution >= 4 is 121 Å². The third kappa shape index (κ3) is 25.2. The molecule has 91 heavy (non-hydrogen) atoms. The highest BCUT2D eigenvalue weighted by atomic mass is 35.5. The van der Waals surface area contributed by atoms with Crippen LogP contribution in [0.2, 0.25) is 5.02 Å². The first-order valence-corrected chi connectivity index (χ1v) is 35.0. The van der Waals surface area contributed by atoms with E-state index >= 15 is 0 Å². The lowest BCUT2D eigenvalue weighted by Crippen LogP contribution is -2.47. The van der Waals surface area contributed by atoms with Crippen LogP contribution < -0.4 is 35.2 Å². The minimum atomic E-state index is -4.71. The van der Waals surface area contributed by atoms with E-state index in [1.807, 2.05) is 68.6 Å². The Bertz CT molecular complexity index is 3580. The Morgan fingerprint density at radius 2 is 1.62 bits per heavy atom. The summed E-state index contributed by atoms with van der Waals surface area (Å²) in [6.07, 6.45) is 5.61. The van der Waals surface area contributed by atoms with Crippen LogP contribution in [0.3, 0.4) is 0 Å². The molecule has 0 radical (unpaired) electrons. The maximum Gasteiger partial charge on any atom is 0.416 e. The number of fused-ring (bicyclic) bond motifs is 1. The van der Waals surface area contributed by atoms with E-state index in [0.29, 0.717) is 53.5 Å². The van der Waals surface area contributed by atoms with Crippen LogP contribution >= 0.6 is 54.0 Å². The van der Waals surface area contributed by atoms with Gasteiger partial charge in [-0.3, -0.25) is 34.6 Å². The van der Waals surface area contributed by atoms with Crippen LogP contribution in [0.15, 0.2) is 119 Å². The van der Waals surface area contributed by atoms with Crippen molar-refractivity contribution in [2.75, 3.05) is 79.6 Å². The van der Waals surface area contributed by atoms with Crippen molar-refractivity contribution in [1.29, 1.82) is 0 Å². The second kappa shape index (κ2) is 36.7. The van der Waals surface area contributed by atoms with Gasteiger partial charge in [0.05, 0.1) is 88.8 Å². The molecule has 0 saturated heterocycles. The number of nitro benzene ring substituents is 1. The molecular weight excluding hydrogens is 1340 g/mol. The molecule has 1 aromatic heterocycles. The van der Waals surface area contributed by atoms with Gasteiger partial charge >= 0.3 is 12.1 Å². The number of nitro groups is 1. The van der Waals surface area contributed by atoms with E-state index in [9.17, 15) is 60.3 Å². The number of methoxy groups -OCH3 is 1. The first-order chi connectivity index (χ1) is 42.5. The van der Waals surface area contributed by atoms with E-state index in [1.165, 1.54) is 18.3 Å². The minimum absolute atomic E-state index is 0.0223. The van der Waals surface area contributed by atoms with Gasteiger partial charge in [0, 0.05) is 30.9 Å². The number of nitrogens with two attached hydrogens (primary N) is 1. The van der Waals surface area contributed by atoms with Gasteiger partial charge in [-0.2, -0.15) is 13.2 Å². The number of carboxylic acid groups (broad SMARTS) is 1. The molecule has 5 aromatic carbocycles. The molecule has 0 bridgehead atoms. The fourth-order valence-corrected chi connectivity index (χ4v) is 10.0. The van der Waals surface area contributed by atoms with E-state index in [0.717, 1.165) is 54.1 Å². The second-order valence-corrected chi connectivity index (χ2v) is 28.1.